The molecule has 1 aliphatic rings. The Kier molecular flexibility index (Phi) is 6.72. The van der Waals surface area contributed by atoms with Gasteiger partial charge in [0.2, 0.25) is 0 Å². The van der Waals surface area contributed by atoms with Gasteiger partial charge < -0.3 is 10.8 Å². The highest BCUT2D eigenvalue weighted by molar-refractivity contribution is 5.80. The Morgan fingerprint density at radius 3 is 2.29 bits per heavy atom. The van der Waals surface area contributed by atoms with E-state index in [1.54, 1.807) is 30.3 Å². The molecule has 6 heteroatoms. The molecule has 0 radical (unpaired) electrons. The summed E-state index contributed by atoms with van der Waals surface area (Å²) in [6.07, 6.45) is 6.66. The van der Waals surface area contributed by atoms with Crippen LogP contribution in [0.5, 0.6) is 0 Å². The van der Waals surface area contributed by atoms with Gasteiger partial charge in [-0.2, -0.15) is 0 Å². The predicted octanol–water partition coefficient (Wildman–Crippen LogP) is 3.57. The van der Waals surface area contributed by atoms with Gasteiger partial charge in [-0.25, -0.2) is 0 Å². The minimum atomic E-state index is -1.53. The van der Waals surface area contributed by atoms with Gasteiger partial charge in [0.1, 0.15) is 0 Å². The average Bonchev–Trinajstić information content (AvgIpc) is 2.49. The summed E-state index contributed by atoms with van der Waals surface area (Å²) in [6.45, 7) is 1.37. The van der Waals surface area contributed by atoms with Gasteiger partial charge in [0, 0.05) is 11.0 Å². The van der Waals surface area contributed by atoms with Crippen molar-refractivity contribution in [3.63, 3.8) is 0 Å². The summed E-state index contributed by atoms with van der Waals surface area (Å²) in [5.41, 5.74) is 12.9. The van der Waals surface area contributed by atoms with Crippen molar-refractivity contribution in [1.82, 2.24) is 0 Å². The minimum Gasteiger partial charge on any atom is -0.480 e. The van der Waals surface area contributed by atoms with E-state index < -0.39 is 11.5 Å². The molecule has 114 valence electrons. The molecule has 21 heavy (non-hydrogen) atoms. The Labute approximate surface area is 124 Å². The fourth-order valence-electron chi connectivity index (χ4n) is 2.21. The molecule has 3 N–H and O–H groups in total. The second-order valence-electron chi connectivity index (χ2n) is 5.33. The molecular weight excluding hydrogens is 268 g/mol. The highest BCUT2D eigenvalue weighted by atomic mass is 16.4. The quantitative estimate of drug-likeness (QED) is 0.504. The summed E-state index contributed by atoms with van der Waals surface area (Å²) in [5.74, 6) is -1.17. The van der Waals surface area contributed by atoms with E-state index in [9.17, 15) is 4.79 Å². The summed E-state index contributed by atoms with van der Waals surface area (Å²) in [5, 5.41) is 12.3. The van der Waals surface area contributed by atoms with Crippen molar-refractivity contribution in [1.29, 1.82) is 0 Å². The molecule has 1 saturated carbocycles. The second kappa shape index (κ2) is 8.29. The van der Waals surface area contributed by atoms with E-state index in [-0.39, 0.29) is 0 Å². The van der Waals surface area contributed by atoms with Crippen LogP contribution in [0.15, 0.2) is 35.4 Å². The van der Waals surface area contributed by atoms with Crippen LogP contribution in [-0.2, 0) is 10.3 Å². The maximum atomic E-state index is 10.9. The first-order chi connectivity index (χ1) is 10.0. The lowest BCUT2D eigenvalue weighted by molar-refractivity contribution is -0.142. The van der Waals surface area contributed by atoms with E-state index in [1.165, 1.54) is 39.0 Å². The van der Waals surface area contributed by atoms with E-state index in [2.05, 4.69) is 10.0 Å². The first-order valence-corrected chi connectivity index (χ1v) is 7.11. The van der Waals surface area contributed by atoms with Crippen LogP contribution in [0.4, 0.5) is 0 Å². The maximum absolute atomic E-state index is 10.9. The number of carboxylic acids is 1. The van der Waals surface area contributed by atoms with Crippen LogP contribution < -0.4 is 5.73 Å². The number of benzene rings is 1. The van der Waals surface area contributed by atoms with E-state index in [0.29, 0.717) is 11.6 Å². The van der Waals surface area contributed by atoms with Crippen LogP contribution in [-0.4, -0.2) is 17.1 Å². The average molecular weight is 290 g/mol. The number of azide groups is 1. The molecule has 0 unspecified atom stereocenters. The molecule has 0 spiro atoms. The second-order valence-corrected chi connectivity index (χ2v) is 5.33. The van der Waals surface area contributed by atoms with E-state index in [4.69, 9.17) is 16.4 Å². The van der Waals surface area contributed by atoms with Crippen molar-refractivity contribution in [2.24, 2.45) is 10.8 Å². The number of carboxylic acid groups (broad SMARTS) is 1. The first kappa shape index (κ1) is 17.0. The molecule has 0 amide bonds. The topological polar surface area (TPSA) is 112 Å². The van der Waals surface area contributed by atoms with Crippen molar-refractivity contribution in [2.45, 2.75) is 50.6 Å². The Morgan fingerprint density at radius 2 is 1.90 bits per heavy atom. The van der Waals surface area contributed by atoms with E-state index in [0.717, 1.165) is 0 Å². The maximum Gasteiger partial charge on any atom is 0.319 e. The number of aliphatic carboxylic acids is 1. The van der Waals surface area contributed by atoms with Crippen molar-refractivity contribution < 1.29 is 9.90 Å². The van der Waals surface area contributed by atoms with Gasteiger partial charge in [0.15, 0.2) is 5.54 Å². The molecule has 1 aromatic rings. The lowest BCUT2D eigenvalue weighted by atomic mass is 9.93. The molecule has 1 fully saturated rings. The van der Waals surface area contributed by atoms with Gasteiger partial charge in [0.25, 0.3) is 0 Å². The third-order valence-corrected chi connectivity index (χ3v) is 3.65. The normalized spacial score (nSPS) is 17.6. The molecule has 2 rings (SSSR count). The Morgan fingerprint density at radius 1 is 1.33 bits per heavy atom. The third kappa shape index (κ3) is 5.10. The number of hydrogen-bond acceptors (Lipinski definition) is 3. The Hall–Kier alpha value is -2.04. The molecule has 0 bridgehead atoms. The number of rotatable bonds is 3. The van der Waals surface area contributed by atoms with Crippen LogP contribution in [0.2, 0.25) is 0 Å². The fraction of sp³-hybridized carbons (Fsp3) is 0.533. The molecular formula is C15H22N4O2. The van der Waals surface area contributed by atoms with Gasteiger partial charge in [0.05, 0.1) is 0 Å². The smallest absolute Gasteiger partial charge is 0.319 e. The van der Waals surface area contributed by atoms with Crippen LogP contribution in [0.3, 0.4) is 0 Å². The molecule has 0 aromatic heterocycles. The van der Waals surface area contributed by atoms with Gasteiger partial charge in [-0.1, -0.05) is 54.7 Å². The van der Waals surface area contributed by atoms with Crippen molar-refractivity contribution in [3.8, 4) is 0 Å². The highest BCUT2D eigenvalue weighted by Gasteiger charge is 2.33. The summed E-state index contributed by atoms with van der Waals surface area (Å²) in [7, 11) is 0. The first-order valence-electron chi connectivity index (χ1n) is 7.11. The summed E-state index contributed by atoms with van der Waals surface area (Å²) < 4.78 is 0. The van der Waals surface area contributed by atoms with Crippen molar-refractivity contribution in [2.75, 3.05) is 0 Å². The van der Waals surface area contributed by atoms with E-state index in [1.807, 2.05) is 0 Å². The van der Waals surface area contributed by atoms with Gasteiger partial charge in [-0.15, -0.1) is 0 Å². The summed E-state index contributed by atoms with van der Waals surface area (Å²) in [6, 6.07) is 8.93. The third-order valence-electron chi connectivity index (χ3n) is 3.65. The van der Waals surface area contributed by atoms with Gasteiger partial charge in [-0.3, -0.25) is 4.79 Å². The monoisotopic (exact) mass is 290 g/mol. The molecule has 0 saturated heterocycles. The number of hydrogen-bond donors (Lipinski definition) is 2. The van der Waals surface area contributed by atoms with Gasteiger partial charge >= 0.3 is 5.97 Å². The van der Waals surface area contributed by atoms with Crippen LogP contribution in [0.25, 0.3) is 10.4 Å². The molecule has 0 heterocycles. The zero-order valence-electron chi connectivity index (χ0n) is 12.3. The SMILES string of the molecule is C[C@@](N=[N+]=[N-])(C(=O)O)c1ccccc1.NC1CCCCC1. The molecule has 1 aliphatic carbocycles. The zero-order chi connectivity index (χ0) is 15.7. The minimum absolute atomic E-state index is 0.463. The van der Waals surface area contributed by atoms with Gasteiger partial charge in [-0.05, 0) is 30.9 Å². The zero-order valence-corrected chi connectivity index (χ0v) is 12.3. The number of nitrogens with two attached hydrogens (primary N) is 1. The molecule has 1 aromatic carbocycles. The molecule has 0 aliphatic heterocycles. The standard InChI is InChI=1S/C9H9N3O2.C6H13N/c1-9(8(13)14,11-12-10)7-5-3-2-4-6-7;7-6-4-2-1-3-5-6/h2-6H,1H3,(H,13,14);6H,1-5,7H2/t9-;/m0./s1. The van der Waals surface area contributed by atoms with Crippen LogP contribution >= 0.6 is 0 Å². The predicted molar refractivity (Wildman–Crippen MR) is 81.6 cm³/mol. The Bertz CT molecular complexity index is 490. The summed E-state index contributed by atoms with van der Waals surface area (Å²) >= 11 is 0. The lowest BCUT2D eigenvalue weighted by Gasteiger charge is -2.18. The van der Waals surface area contributed by atoms with E-state index >= 15 is 0 Å². The highest BCUT2D eigenvalue weighted by Crippen LogP contribution is 2.25. The lowest BCUT2D eigenvalue weighted by Crippen LogP contribution is -2.29. The fourth-order valence-corrected chi connectivity index (χ4v) is 2.21. The number of nitrogens with zero attached hydrogens (tertiary/aromatic N) is 3. The molecule has 6 nitrogen and oxygen atoms in total. The van der Waals surface area contributed by atoms with Crippen LogP contribution in [0, 0.1) is 0 Å². The van der Waals surface area contributed by atoms with Crippen molar-refractivity contribution >= 4 is 5.97 Å². The molecule has 1 atom stereocenters. The largest absolute Gasteiger partial charge is 0.480 e. The Balaban J connectivity index is 0.000000262. The number of carbonyl (C=O) groups is 1. The van der Waals surface area contributed by atoms with Crippen molar-refractivity contribution in [3.05, 3.63) is 46.3 Å². The summed E-state index contributed by atoms with van der Waals surface area (Å²) in [4.78, 5) is 13.5. The van der Waals surface area contributed by atoms with Crippen LogP contribution in [0.1, 0.15) is 44.6 Å².